The summed E-state index contributed by atoms with van der Waals surface area (Å²) in [5.74, 6) is 0. The zero-order chi connectivity index (χ0) is 32.1. The first-order valence-electron chi connectivity index (χ1n) is 16.9. The van der Waals surface area contributed by atoms with Gasteiger partial charge < -0.3 is 4.42 Å². The Morgan fingerprint density at radius 3 is 1.65 bits per heavy atom. The molecule has 0 fully saturated rings. The van der Waals surface area contributed by atoms with E-state index in [1.807, 2.05) is 0 Å². The second-order valence-electron chi connectivity index (χ2n) is 13.2. The summed E-state index contributed by atoms with van der Waals surface area (Å²) in [6.45, 7) is 0. The number of hydrogen-bond donors (Lipinski definition) is 0. The lowest BCUT2D eigenvalue weighted by Crippen LogP contribution is -1.92. The summed E-state index contributed by atoms with van der Waals surface area (Å²) in [6.07, 6.45) is 0. The van der Waals surface area contributed by atoms with Gasteiger partial charge >= 0.3 is 0 Å². The molecule has 226 valence electrons. The minimum Gasteiger partial charge on any atom is -0.456 e. The van der Waals surface area contributed by atoms with Crippen LogP contribution in [0.25, 0.3) is 109 Å². The van der Waals surface area contributed by atoms with E-state index in [2.05, 4.69) is 170 Å². The van der Waals surface area contributed by atoms with Gasteiger partial charge in [-0.15, -0.1) is 0 Å². The molecule has 11 rings (SSSR count). The Bertz CT molecular complexity index is 3050. The van der Waals surface area contributed by atoms with Gasteiger partial charge in [0.2, 0.25) is 0 Å². The maximum Gasteiger partial charge on any atom is 0.136 e. The number of hydrogen-bond acceptors (Lipinski definition) is 1. The van der Waals surface area contributed by atoms with E-state index < -0.39 is 0 Å². The van der Waals surface area contributed by atoms with Crippen molar-refractivity contribution in [1.29, 1.82) is 0 Å². The Labute approximate surface area is 282 Å². The van der Waals surface area contributed by atoms with Crippen LogP contribution in [0, 0.1) is 0 Å². The standard InChI is InChI=1S/C48H28O/c1-2-11-31-26-32(24-22-29(31)10-1)35-18-7-12-30-23-25-34(27-41(30)35)45-36-14-3-5-16-38(36)47(39-17-6-4-15-37(39)45)42-28-33-13-8-20-43-46(33)48-40(42)19-9-21-44(48)49-43/h1-28H. The first-order chi connectivity index (χ1) is 24.3. The molecule has 0 aliphatic heterocycles. The van der Waals surface area contributed by atoms with Crippen LogP contribution in [-0.4, -0.2) is 0 Å². The fourth-order valence-electron chi connectivity index (χ4n) is 8.44. The third-order valence-corrected chi connectivity index (χ3v) is 10.6. The Morgan fingerprint density at radius 2 is 0.857 bits per heavy atom. The fraction of sp³-hybridized carbons (Fsp3) is 0. The highest BCUT2D eigenvalue weighted by Gasteiger charge is 2.21. The summed E-state index contributed by atoms with van der Waals surface area (Å²) in [5, 5.41) is 14.9. The Kier molecular flexibility index (Phi) is 5.45. The highest BCUT2D eigenvalue weighted by atomic mass is 16.3. The predicted octanol–water partition coefficient (Wildman–Crippen LogP) is 13.8. The van der Waals surface area contributed by atoms with E-state index in [9.17, 15) is 0 Å². The first kappa shape index (κ1) is 26.6. The van der Waals surface area contributed by atoms with Gasteiger partial charge in [-0.3, -0.25) is 0 Å². The maximum atomic E-state index is 6.35. The molecule has 49 heavy (non-hydrogen) atoms. The van der Waals surface area contributed by atoms with Gasteiger partial charge in [-0.1, -0.05) is 140 Å². The fourth-order valence-corrected chi connectivity index (χ4v) is 8.44. The molecule has 0 bridgehead atoms. The van der Waals surface area contributed by atoms with Gasteiger partial charge in [0.25, 0.3) is 0 Å². The van der Waals surface area contributed by atoms with E-state index in [1.165, 1.54) is 98.0 Å². The van der Waals surface area contributed by atoms with Crippen molar-refractivity contribution in [1.82, 2.24) is 0 Å². The SMILES string of the molecule is c1ccc2cc(-c3cccc4ccc(-c5c6ccccc6c(-c6cc7cccc8oc9cccc6c9c78)c6ccccc56)cc34)ccc2c1. The Hall–Kier alpha value is -6.44. The average molecular weight is 621 g/mol. The number of benzene rings is 10. The summed E-state index contributed by atoms with van der Waals surface area (Å²) < 4.78 is 6.35. The molecule has 11 aromatic rings. The zero-order valence-corrected chi connectivity index (χ0v) is 26.6. The molecule has 0 radical (unpaired) electrons. The molecule has 0 aliphatic carbocycles. The van der Waals surface area contributed by atoms with Crippen LogP contribution < -0.4 is 0 Å². The summed E-state index contributed by atoms with van der Waals surface area (Å²) in [6, 6.07) is 62.2. The number of furan rings is 1. The van der Waals surface area contributed by atoms with Crippen molar-refractivity contribution < 1.29 is 4.42 Å². The highest BCUT2D eigenvalue weighted by molar-refractivity contribution is 6.30. The van der Waals surface area contributed by atoms with Crippen LogP contribution in [0.3, 0.4) is 0 Å². The molecule has 0 saturated carbocycles. The van der Waals surface area contributed by atoms with E-state index in [4.69, 9.17) is 4.42 Å². The molecule has 0 unspecified atom stereocenters. The monoisotopic (exact) mass is 620 g/mol. The molecule has 0 aliphatic rings. The second kappa shape index (κ2) is 10.0. The molecular weight excluding hydrogens is 593 g/mol. The molecule has 10 aromatic carbocycles. The van der Waals surface area contributed by atoms with Crippen molar-refractivity contribution in [3.05, 3.63) is 170 Å². The van der Waals surface area contributed by atoms with E-state index in [0.717, 1.165) is 11.2 Å². The molecule has 1 aromatic heterocycles. The predicted molar refractivity (Wildman–Crippen MR) is 209 cm³/mol. The smallest absolute Gasteiger partial charge is 0.136 e. The quantitative estimate of drug-likeness (QED) is 0.141. The van der Waals surface area contributed by atoms with Gasteiger partial charge in [-0.2, -0.15) is 0 Å². The Balaban J connectivity index is 1.22. The first-order valence-corrected chi connectivity index (χ1v) is 16.9. The molecule has 1 nitrogen and oxygen atoms in total. The van der Waals surface area contributed by atoms with Gasteiger partial charge in [-0.05, 0) is 118 Å². The van der Waals surface area contributed by atoms with Crippen LogP contribution in [-0.2, 0) is 0 Å². The second-order valence-corrected chi connectivity index (χ2v) is 13.2. The van der Waals surface area contributed by atoms with Gasteiger partial charge in [0.1, 0.15) is 11.2 Å². The van der Waals surface area contributed by atoms with E-state index in [1.54, 1.807) is 0 Å². The van der Waals surface area contributed by atoms with Crippen LogP contribution in [0.5, 0.6) is 0 Å². The molecule has 0 spiro atoms. The molecule has 0 N–H and O–H groups in total. The zero-order valence-electron chi connectivity index (χ0n) is 26.6. The minimum absolute atomic E-state index is 0.939. The van der Waals surface area contributed by atoms with E-state index in [0.29, 0.717) is 0 Å². The minimum atomic E-state index is 0.939. The van der Waals surface area contributed by atoms with Crippen molar-refractivity contribution in [2.45, 2.75) is 0 Å². The Morgan fingerprint density at radius 1 is 0.286 bits per heavy atom. The van der Waals surface area contributed by atoms with Crippen LogP contribution in [0.15, 0.2) is 174 Å². The van der Waals surface area contributed by atoms with Crippen molar-refractivity contribution >= 4 is 75.8 Å². The number of fused-ring (bicyclic) bond motifs is 4. The van der Waals surface area contributed by atoms with Crippen LogP contribution in [0.4, 0.5) is 0 Å². The average Bonchev–Trinajstić information content (AvgIpc) is 3.55. The molecule has 0 amide bonds. The third kappa shape index (κ3) is 3.82. The summed E-state index contributed by atoms with van der Waals surface area (Å²) in [4.78, 5) is 0. The molecular formula is C48H28O. The summed E-state index contributed by atoms with van der Waals surface area (Å²) in [5.41, 5.74) is 9.37. The summed E-state index contributed by atoms with van der Waals surface area (Å²) in [7, 11) is 0. The maximum absolute atomic E-state index is 6.35. The summed E-state index contributed by atoms with van der Waals surface area (Å²) >= 11 is 0. The molecule has 1 heterocycles. The highest BCUT2D eigenvalue weighted by Crippen LogP contribution is 2.49. The number of rotatable bonds is 3. The van der Waals surface area contributed by atoms with Gasteiger partial charge in [0.05, 0.1) is 0 Å². The van der Waals surface area contributed by atoms with Gasteiger partial charge in [0, 0.05) is 10.8 Å². The lowest BCUT2D eigenvalue weighted by atomic mass is 9.83. The van der Waals surface area contributed by atoms with Gasteiger partial charge in [-0.25, -0.2) is 0 Å². The van der Waals surface area contributed by atoms with E-state index in [-0.39, 0.29) is 0 Å². The van der Waals surface area contributed by atoms with Crippen molar-refractivity contribution in [2.75, 3.05) is 0 Å². The molecule has 0 saturated heterocycles. The van der Waals surface area contributed by atoms with E-state index >= 15 is 0 Å². The lowest BCUT2D eigenvalue weighted by molar-refractivity contribution is 0.669. The van der Waals surface area contributed by atoms with Crippen LogP contribution >= 0.6 is 0 Å². The van der Waals surface area contributed by atoms with Crippen molar-refractivity contribution in [3.8, 4) is 33.4 Å². The lowest BCUT2D eigenvalue weighted by Gasteiger charge is -2.19. The van der Waals surface area contributed by atoms with Crippen molar-refractivity contribution in [3.63, 3.8) is 0 Å². The largest absolute Gasteiger partial charge is 0.456 e. The van der Waals surface area contributed by atoms with Crippen LogP contribution in [0.2, 0.25) is 0 Å². The van der Waals surface area contributed by atoms with Crippen molar-refractivity contribution in [2.24, 2.45) is 0 Å². The third-order valence-electron chi connectivity index (χ3n) is 10.6. The van der Waals surface area contributed by atoms with Crippen LogP contribution in [0.1, 0.15) is 0 Å². The topological polar surface area (TPSA) is 13.1 Å². The molecule has 1 heteroatoms. The molecule has 0 atom stereocenters. The van der Waals surface area contributed by atoms with Gasteiger partial charge in [0.15, 0.2) is 0 Å². The normalized spacial score (nSPS) is 12.1.